The second-order valence-corrected chi connectivity index (χ2v) is 8.94. The molecule has 0 bridgehead atoms. The molecule has 166 valence electrons. The summed E-state index contributed by atoms with van der Waals surface area (Å²) in [5.41, 5.74) is 5.67. The third kappa shape index (κ3) is 5.68. The Balaban J connectivity index is 1.52. The molecule has 9 heteroatoms. The van der Waals surface area contributed by atoms with Crippen LogP contribution in [-0.4, -0.2) is 27.6 Å². The first kappa shape index (κ1) is 22.8. The normalized spacial score (nSPS) is 11.4. The summed E-state index contributed by atoms with van der Waals surface area (Å²) in [5.74, 6) is 0.555. The molecule has 0 unspecified atom stereocenters. The Kier molecular flexibility index (Phi) is 7.21. The standard InChI is InChI=1S/C24H20BrN5O2S/c1-16(18-8-5-9-21(31)14-18)26-27-22(32)15-33-24-29-28-23(17-6-3-2-4-7-17)30(24)20-12-10-19(25)11-13-20/h2-14H,15H2,1H3,(H2,27,31,32). The van der Waals surface area contributed by atoms with E-state index in [1.807, 2.05) is 59.2 Å². The number of thioether (sulfide) groups is 1. The number of nitrogens with zero attached hydrogens (tertiary/aromatic N) is 3. The van der Waals surface area contributed by atoms with Crippen LogP contribution in [0.4, 0.5) is 0 Å². The summed E-state index contributed by atoms with van der Waals surface area (Å²) >= 11 is 4.77. The molecule has 2 N–H and O–H groups in total. The Labute approximate surface area is 203 Å². The van der Waals surface area contributed by atoms with E-state index < -0.39 is 0 Å². The highest BCUT2D eigenvalue weighted by Gasteiger charge is 2.24. The van der Waals surface area contributed by atoms with E-state index in [2.05, 4.69) is 36.7 Å². The lowest BCUT2D eigenvalue weighted by molar-refractivity contribution is -0.625. The fraction of sp³-hybridized carbons (Fsp3) is 0.0833. The molecule has 4 aromatic rings. The van der Waals surface area contributed by atoms with E-state index in [-0.39, 0.29) is 17.4 Å². The van der Waals surface area contributed by atoms with Crippen molar-refractivity contribution in [3.05, 3.63) is 88.9 Å². The Morgan fingerprint density at radius 3 is 2.61 bits per heavy atom. The summed E-state index contributed by atoms with van der Waals surface area (Å²) in [4.78, 5) is 12.4. The Hall–Kier alpha value is -3.43. The molecule has 0 radical (unpaired) electrons. The van der Waals surface area contributed by atoms with Crippen molar-refractivity contribution in [2.45, 2.75) is 12.1 Å². The molecular formula is C24H20BrN5O2S. The first-order chi connectivity index (χ1) is 16.0. The number of nitrogens with one attached hydrogen (secondary N) is 2. The topological polar surface area (TPSA) is 97.1 Å². The van der Waals surface area contributed by atoms with Crippen LogP contribution in [0.2, 0.25) is 0 Å². The SMILES string of the molecule is CC(=NNC(=O)CSc1n[nH]c(-c2ccccc2)[n+]1-c1ccc(Br)cc1)c1cccc([O-])c1. The first-order valence-electron chi connectivity index (χ1n) is 10.1. The molecule has 1 amide bonds. The van der Waals surface area contributed by atoms with Gasteiger partial charge in [0.15, 0.2) is 0 Å². The van der Waals surface area contributed by atoms with Crippen LogP contribution < -0.4 is 15.1 Å². The molecule has 0 fully saturated rings. The van der Waals surface area contributed by atoms with Crippen LogP contribution in [0, 0.1) is 0 Å². The highest BCUT2D eigenvalue weighted by Crippen LogP contribution is 2.21. The fourth-order valence-corrected chi connectivity index (χ4v) is 4.13. The van der Waals surface area contributed by atoms with Crippen molar-refractivity contribution in [1.29, 1.82) is 0 Å². The first-order valence-corrected chi connectivity index (χ1v) is 11.8. The lowest BCUT2D eigenvalue weighted by Gasteiger charge is -2.07. The summed E-state index contributed by atoms with van der Waals surface area (Å²) in [6.45, 7) is 1.74. The van der Waals surface area contributed by atoms with Gasteiger partial charge in [-0.25, -0.2) is 5.43 Å². The van der Waals surface area contributed by atoms with E-state index in [4.69, 9.17) is 0 Å². The zero-order valence-electron chi connectivity index (χ0n) is 17.7. The van der Waals surface area contributed by atoms with E-state index in [0.717, 1.165) is 21.5 Å². The second-order valence-electron chi connectivity index (χ2n) is 7.08. The number of carbonyl (C=O) groups is 1. The van der Waals surface area contributed by atoms with E-state index in [9.17, 15) is 9.90 Å². The van der Waals surface area contributed by atoms with Gasteiger partial charge in [0.25, 0.3) is 11.7 Å². The van der Waals surface area contributed by atoms with Crippen molar-refractivity contribution in [2.75, 3.05) is 5.75 Å². The van der Waals surface area contributed by atoms with Crippen LogP contribution in [0.1, 0.15) is 12.5 Å². The molecule has 0 spiro atoms. The zero-order chi connectivity index (χ0) is 23.2. The van der Waals surface area contributed by atoms with Crippen LogP contribution in [0.25, 0.3) is 17.1 Å². The van der Waals surface area contributed by atoms with Gasteiger partial charge in [-0.3, -0.25) is 4.79 Å². The van der Waals surface area contributed by atoms with E-state index >= 15 is 0 Å². The zero-order valence-corrected chi connectivity index (χ0v) is 20.1. The number of halogens is 1. The third-order valence-electron chi connectivity index (χ3n) is 4.74. The molecule has 1 heterocycles. The van der Waals surface area contributed by atoms with Gasteiger partial charge < -0.3 is 5.11 Å². The molecule has 0 aliphatic rings. The minimum atomic E-state index is -0.274. The number of benzene rings is 3. The molecule has 3 aromatic carbocycles. The Morgan fingerprint density at radius 1 is 1.12 bits per heavy atom. The number of hydrazone groups is 1. The predicted octanol–water partition coefficient (Wildman–Crippen LogP) is 3.82. The maximum absolute atomic E-state index is 12.4. The number of aromatic nitrogens is 3. The molecule has 7 nitrogen and oxygen atoms in total. The number of amides is 1. The van der Waals surface area contributed by atoms with Crippen LogP contribution >= 0.6 is 27.7 Å². The number of aromatic amines is 1. The van der Waals surface area contributed by atoms with Crippen molar-refractivity contribution < 1.29 is 14.5 Å². The molecule has 0 aliphatic carbocycles. The van der Waals surface area contributed by atoms with Crippen molar-refractivity contribution in [2.24, 2.45) is 5.10 Å². The van der Waals surface area contributed by atoms with Gasteiger partial charge in [-0.1, -0.05) is 58.4 Å². The van der Waals surface area contributed by atoms with Crippen molar-refractivity contribution in [3.63, 3.8) is 0 Å². The molecule has 4 rings (SSSR count). The minimum Gasteiger partial charge on any atom is -0.872 e. The summed E-state index contributed by atoms with van der Waals surface area (Å²) in [5, 5.41) is 23.8. The number of hydrogen-bond acceptors (Lipinski definition) is 5. The minimum absolute atomic E-state index is 0.103. The van der Waals surface area contributed by atoms with Gasteiger partial charge in [-0.2, -0.15) is 9.67 Å². The number of rotatable bonds is 7. The molecule has 33 heavy (non-hydrogen) atoms. The van der Waals surface area contributed by atoms with Gasteiger partial charge in [-0.05, 0) is 60.6 Å². The Bertz CT molecular complexity index is 1290. The molecule has 0 saturated heterocycles. The quantitative estimate of drug-likeness (QED) is 0.167. The van der Waals surface area contributed by atoms with Crippen LogP contribution in [-0.2, 0) is 4.79 Å². The molecule has 0 saturated carbocycles. The van der Waals surface area contributed by atoms with E-state index in [1.54, 1.807) is 19.1 Å². The average molecular weight is 522 g/mol. The number of H-pyrrole nitrogens is 1. The molecule has 0 atom stereocenters. The molecular weight excluding hydrogens is 502 g/mol. The van der Waals surface area contributed by atoms with E-state index in [0.29, 0.717) is 16.4 Å². The van der Waals surface area contributed by atoms with Gasteiger partial charge in [0, 0.05) is 4.47 Å². The number of hydrogen-bond donors (Lipinski definition) is 2. The lowest BCUT2D eigenvalue weighted by atomic mass is 10.1. The largest absolute Gasteiger partial charge is 0.872 e. The summed E-state index contributed by atoms with van der Waals surface area (Å²) in [6.07, 6.45) is 0. The summed E-state index contributed by atoms with van der Waals surface area (Å²) in [6, 6.07) is 24.2. The maximum atomic E-state index is 12.4. The van der Waals surface area contributed by atoms with Crippen LogP contribution in [0.5, 0.6) is 5.75 Å². The third-order valence-corrected chi connectivity index (χ3v) is 6.20. The fourth-order valence-electron chi connectivity index (χ4n) is 3.11. The molecule has 1 aromatic heterocycles. The van der Waals surface area contributed by atoms with Gasteiger partial charge in [0.1, 0.15) is 5.69 Å². The smallest absolute Gasteiger partial charge is 0.342 e. The highest BCUT2D eigenvalue weighted by molar-refractivity contribution is 9.10. The van der Waals surface area contributed by atoms with Crippen molar-refractivity contribution in [3.8, 4) is 22.8 Å². The lowest BCUT2D eigenvalue weighted by Crippen LogP contribution is -2.34. The number of carbonyl (C=O) groups excluding carboxylic acids is 1. The second kappa shape index (κ2) is 10.5. The van der Waals surface area contributed by atoms with Crippen molar-refractivity contribution >= 4 is 39.3 Å². The van der Waals surface area contributed by atoms with Crippen LogP contribution in [0.15, 0.2) is 93.6 Å². The summed E-state index contributed by atoms with van der Waals surface area (Å²) < 4.78 is 2.95. The van der Waals surface area contributed by atoms with Gasteiger partial charge in [-0.15, -0.1) is 10.8 Å². The van der Waals surface area contributed by atoms with Crippen molar-refractivity contribution in [1.82, 2.24) is 15.6 Å². The Morgan fingerprint density at radius 2 is 1.88 bits per heavy atom. The van der Waals surface area contributed by atoms with Gasteiger partial charge >= 0.3 is 5.16 Å². The maximum Gasteiger partial charge on any atom is 0.342 e. The summed E-state index contributed by atoms with van der Waals surface area (Å²) in [7, 11) is 0. The predicted molar refractivity (Wildman–Crippen MR) is 130 cm³/mol. The highest BCUT2D eigenvalue weighted by atomic mass is 79.9. The van der Waals surface area contributed by atoms with E-state index in [1.165, 1.54) is 23.9 Å². The van der Waals surface area contributed by atoms with Gasteiger partial charge in [0.05, 0.1) is 22.1 Å². The van der Waals surface area contributed by atoms with Crippen LogP contribution in [0.3, 0.4) is 0 Å². The monoisotopic (exact) mass is 521 g/mol. The van der Waals surface area contributed by atoms with Gasteiger partial charge in [0.2, 0.25) is 0 Å². The average Bonchev–Trinajstić information content (AvgIpc) is 3.26. The molecule has 0 aliphatic heterocycles.